The van der Waals surface area contributed by atoms with Crippen molar-refractivity contribution in [3.05, 3.63) is 53.2 Å². The summed E-state index contributed by atoms with van der Waals surface area (Å²) in [7, 11) is 0. The van der Waals surface area contributed by atoms with Gasteiger partial charge in [-0.05, 0) is 5.56 Å². The van der Waals surface area contributed by atoms with Gasteiger partial charge in [0.2, 0.25) is 0 Å². The van der Waals surface area contributed by atoms with Crippen LogP contribution in [0.3, 0.4) is 0 Å². The quantitative estimate of drug-likeness (QED) is 0.517. The van der Waals surface area contributed by atoms with E-state index in [9.17, 15) is 14.7 Å². The van der Waals surface area contributed by atoms with E-state index >= 15 is 0 Å². The fourth-order valence-corrected chi connectivity index (χ4v) is 3.04. The van der Waals surface area contributed by atoms with Crippen molar-refractivity contribution in [1.29, 1.82) is 0 Å². The molecule has 0 radical (unpaired) electrons. The Labute approximate surface area is 151 Å². The Morgan fingerprint density at radius 2 is 1.96 bits per heavy atom. The normalized spacial score (nSPS) is 12.5. The van der Waals surface area contributed by atoms with Gasteiger partial charge in [-0.2, -0.15) is 22.2 Å². The zero-order valence-electron chi connectivity index (χ0n) is 13.2. The van der Waals surface area contributed by atoms with Gasteiger partial charge in [0, 0.05) is 11.3 Å². The number of rotatable bonds is 4. The molecule has 4 aromatic rings. The van der Waals surface area contributed by atoms with Crippen LogP contribution in [0.15, 0.2) is 47.7 Å². The van der Waals surface area contributed by atoms with E-state index in [4.69, 9.17) is 0 Å². The second-order valence-electron chi connectivity index (χ2n) is 5.53. The molecule has 1 N–H and O–H groups in total. The van der Waals surface area contributed by atoms with Crippen LogP contribution in [0.4, 0.5) is 0 Å². The van der Waals surface area contributed by atoms with E-state index in [1.54, 1.807) is 6.20 Å². The topological polar surface area (TPSA) is 115 Å². The van der Waals surface area contributed by atoms with Gasteiger partial charge in [0.05, 0.1) is 6.20 Å². The average Bonchev–Trinajstić information content (AvgIpc) is 3.09. The predicted octanol–water partition coefficient (Wildman–Crippen LogP) is 1.06. The Morgan fingerprint density at radius 3 is 2.65 bits per heavy atom. The fraction of sp³-hybridized carbons (Fsp3) is 0.125. The first-order chi connectivity index (χ1) is 12.6. The highest BCUT2D eigenvalue weighted by atomic mass is 32.1. The molecule has 0 aliphatic carbocycles. The van der Waals surface area contributed by atoms with E-state index in [0.29, 0.717) is 5.65 Å². The van der Waals surface area contributed by atoms with E-state index in [0.717, 1.165) is 15.7 Å². The molecular weight excluding hydrogens is 356 g/mol. The number of thiol groups is 1. The lowest BCUT2D eigenvalue weighted by molar-refractivity contribution is -0.140. The van der Waals surface area contributed by atoms with Crippen LogP contribution in [0.1, 0.15) is 6.04 Å². The summed E-state index contributed by atoms with van der Waals surface area (Å²) in [4.78, 5) is 28.1. The third-order valence-electron chi connectivity index (χ3n) is 4.02. The van der Waals surface area contributed by atoms with E-state index in [2.05, 4.69) is 32.9 Å². The first-order valence-electron chi connectivity index (χ1n) is 7.62. The summed E-state index contributed by atoms with van der Waals surface area (Å²) in [5, 5.41) is 21.6. The van der Waals surface area contributed by atoms with Gasteiger partial charge in [0.25, 0.3) is 5.56 Å². The molecule has 9 nitrogen and oxygen atoms in total. The van der Waals surface area contributed by atoms with Crippen molar-refractivity contribution in [2.24, 2.45) is 0 Å². The number of aromatic nitrogens is 6. The van der Waals surface area contributed by atoms with Crippen LogP contribution in [0.5, 0.6) is 0 Å². The third kappa shape index (κ3) is 2.42. The highest BCUT2D eigenvalue weighted by Gasteiger charge is 2.22. The Hall–Kier alpha value is -3.27. The summed E-state index contributed by atoms with van der Waals surface area (Å²) in [5.74, 6) is -1.24. The van der Waals surface area contributed by atoms with Gasteiger partial charge >= 0.3 is 5.97 Å². The van der Waals surface area contributed by atoms with Crippen LogP contribution in [0.2, 0.25) is 0 Å². The van der Waals surface area contributed by atoms with Gasteiger partial charge in [-0.15, -0.1) is 10.2 Å². The molecule has 0 fully saturated rings. The number of benzene rings is 1. The van der Waals surface area contributed by atoms with Crippen LogP contribution in [0, 0.1) is 0 Å². The monoisotopic (exact) mass is 368 g/mol. The first kappa shape index (κ1) is 16.2. The summed E-state index contributed by atoms with van der Waals surface area (Å²) in [6.07, 6.45) is 2.80. The Kier molecular flexibility index (Phi) is 3.88. The number of nitrogens with zero attached hydrogens (tertiary/aromatic N) is 6. The Balaban J connectivity index is 1.96. The second kappa shape index (κ2) is 6.23. The Morgan fingerprint density at radius 1 is 1.19 bits per heavy atom. The SMILES string of the molecule is O=C(O)C(CS)n1cnc2c(nnc3c(-c4ccccc4)cnn32)c1=O. The number of carboxylic acid groups (broad SMARTS) is 1. The van der Waals surface area contributed by atoms with Crippen LogP contribution in [0.25, 0.3) is 27.9 Å². The minimum absolute atomic E-state index is 0.0575. The summed E-state index contributed by atoms with van der Waals surface area (Å²) in [6.45, 7) is 0. The third-order valence-corrected chi connectivity index (χ3v) is 4.37. The number of hydrogen-bond acceptors (Lipinski definition) is 7. The zero-order valence-corrected chi connectivity index (χ0v) is 14.1. The van der Waals surface area contributed by atoms with Gasteiger partial charge in [0.1, 0.15) is 12.4 Å². The molecular formula is C16H12N6O3S. The summed E-state index contributed by atoms with van der Waals surface area (Å²) >= 11 is 3.99. The maximum absolute atomic E-state index is 12.6. The van der Waals surface area contributed by atoms with Gasteiger partial charge < -0.3 is 5.11 Å². The second-order valence-corrected chi connectivity index (χ2v) is 5.89. The van der Waals surface area contributed by atoms with Gasteiger partial charge in [0.15, 0.2) is 16.8 Å². The van der Waals surface area contributed by atoms with Crippen molar-refractivity contribution < 1.29 is 9.90 Å². The van der Waals surface area contributed by atoms with Crippen molar-refractivity contribution in [2.75, 3.05) is 5.75 Å². The molecule has 1 aromatic carbocycles. The van der Waals surface area contributed by atoms with E-state index in [-0.39, 0.29) is 16.9 Å². The number of carboxylic acids is 1. The molecule has 0 amide bonds. The lowest BCUT2D eigenvalue weighted by atomic mass is 10.1. The standard InChI is InChI=1S/C16H12N6O3S/c23-15-12-14(17-8-21(15)11(7-26)16(24)25)22-13(20-19-12)10(6-18-22)9-4-2-1-3-5-9/h1-6,8,11,26H,7H2,(H,24,25). The maximum atomic E-state index is 12.6. The van der Waals surface area contributed by atoms with E-state index < -0.39 is 17.6 Å². The molecule has 1 unspecified atom stereocenters. The summed E-state index contributed by atoms with van der Waals surface area (Å²) < 4.78 is 2.41. The van der Waals surface area contributed by atoms with Crippen LogP contribution < -0.4 is 5.56 Å². The number of aliphatic carboxylic acids is 1. The lowest BCUT2D eigenvalue weighted by Crippen LogP contribution is -2.32. The smallest absolute Gasteiger partial charge is 0.327 e. The molecule has 3 aromatic heterocycles. The number of hydrogen-bond donors (Lipinski definition) is 2. The molecule has 1 atom stereocenters. The molecule has 0 saturated carbocycles. The van der Waals surface area contributed by atoms with E-state index in [1.807, 2.05) is 30.3 Å². The van der Waals surface area contributed by atoms with Crippen molar-refractivity contribution in [2.45, 2.75) is 6.04 Å². The molecule has 130 valence electrons. The first-order valence-corrected chi connectivity index (χ1v) is 8.25. The molecule has 0 saturated heterocycles. The number of fused-ring (bicyclic) bond motifs is 3. The van der Waals surface area contributed by atoms with Crippen molar-refractivity contribution in [1.82, 2.24) is 29.4 Å². The van der Waals surface area contributed by atoms with Gasteiger partial charge in [-0.3, -0.25) is 9.36 Å². The largest absolute Gasteiger partial charge is 0.480 e. The highest BCUT2D eigenvalue weighted by molar-refractivity contribution is 7.80. The molecule has 4 rings (SSSR count). The molecule has 0 aliphatic rings. The van der Waals surface area contributed by atoms with Crippen LogP contribution in [-0.4, -0.2) is 46.2 Å². The average molecular weight is 368 g/mol. The molecule has 10 heteroatoms. The van der Waals surface area contributed by atoms with E-state index in [1.165, 1.54) is 10.8 Å². The minimum Gasteiger partial charge on any atom is -0.480 e. The molecule has 0 bridgehead atoms. The van der Waals surface area contributed by atoms with Crippen molar-refractivity contribution >= 4 is 35.4 Å². The summed E-state index contributed by atoms with van der Waals surface area (Å²) in [5.41, 5.74) is 1.66. The molecule has 3 heterocycles. The molecule has 0 aliphatic heterocycles. The predicted molar refractivity (Wildman–Crippen MR) is 96.3 cm³/mol. The fourth-order valence-electron chi connectivity index (χ4n) is 2.71. The molecule has 26 heavy (non-hydrogen) atoms. The maximum Gasteiger partial charge on any atom is 0.327 e. The van der Waals surface area contributed by atoms with Gasteiger partial charge in [-0.25, -0.2) is 9.78 Å². The molecule has 0 spiro atoms. The van der Waals surface area contributed by atoms with Crippen molar-refractivity contribution in [3.8, 4) is 11.1 Å². The van der Waals surface area contributed by atoms with Crippen molar-refractivity contribution in [3.63, 3.8) is 0 Å². The van der Waals surface area contributed by atoms with Gasteiger partial charge in [-0.1, -0.05) is 30.3 Å². The number of carbonyl (C=O) groups is 1. The highest BCUT2D eigenvalue weighted by Crippen LogP contribution is 2.23. The van der Waals surface area contributed by atoms with Crippen LogP contribution >= 0.6 is 12.6 Å². The zero-order chi connectivity index (χ0) is 18.3. The summed E-state index contributed by atoms with van der Waals surface area (Å²) in [6, 6.07) is 8.39. The lowest BCUT2D eigenvalue weighted by Gasteiger charge is -2.12. The Bertz CT molecular complexity index is 1190. The van der Waals surface area contributed by atoms with Crippen LogP contribution in [-0.2, 0) is 4.79 Å². The minimum atomic E-state index is -1.18.